The van der Waals surface area contributed by atoms with E-state index in [2.05, 4.69) is 6.92 Å². The molecule has 0 fully saturated rings. The molecule has 1 N–H and O–H groups in total. The van der Waals surface area contributed by atoms with Crippen molar-refractivity contribution in [3.63, 3.8) is 0 Å². The second kappa shape index (κ2) is 7.88. The van der Waals surface area contributed by atoms with Crippen LogP contribution in [0.3, 0.4) is 0 Å². The van der Waals surface area contributed by atoms with Crippen LogP contribution in [0, 0.1) is 6.92 Å². The molecule has 0 bridgehead atoms. The van der Waals surface area contributed by atoms with Crippen LogP contribution in [-0.4, -0.2) is 42.8 Å². The molecular formula is C16H25NO4. The molecule has 0 aromatic heterocycles. The Kier molecular flexibility index (Phi) is 6.49. The van der Waals surface area contributed by atoms with Crippen LogP contribution in [0.25, 0.3) is 0 Å². The highest BCUT2D eigenvalue weighted by Gasteiger charge is 2.18. The second-order valence-electron chi connectivity index (χ2n) is 5.19. The van der Waals surface area contributed by atoms with Gasteiger partial charge in [-0.3, -0.25) is 9.69 Å². The molecule has 0 aliphatic rings. The fraction of sp³-hybridized carbons (Fsp3) is 0.562. The Bertz CT molecular complexity index is 487. The van der Waals surface area contributed by atoms with Gasteiger partial charge in [0.2, 0.25) is 0 Å². The number of nitrogens with zero attached hydrogens (tertiary/aromatic N) is 1. The minimum Gasteiger partial charge on any atom is -0.493 e. The molecule has 0 saturated carbocycles. The van der Waals surface area contributed by atoms with E-state index >= 15 is 0 Å². The number of carboxylic acid groups (broad SMARTS) is 1. The van der Waals surface area contributed by atoms with Gasteiger partial charge in [-0.2, -0.15) is 0 Å². The zero-order chi connectivity index (χ0) is 16.0. The van der Waals surface area contributed by atoms with E-state index in [0.717, 1.165) is 17.5 Å². The normalized spacial score (nSPS) is 12.3. The maximum absolute atomic E-state index is 11.0. The van der Waals surface area contributed by atoms with E-state index in [1.807, 2.05) is 30.9 Å². The van der Waals surface area contributed by atoms with E-state index in [-0.39, 0.29) is 12.6 Å². The van der Waals surface area contributed by atoms with Crippen molar-refractivity contribution in [3.05, 3.63) is 23.3 Å². The molecule has 0 saturated heterocycles. The third kappa shape index (κ3) is 4.63. The quantitative estimate of drug-likeness (QED) is 0.799. The van der Waals surface area contributed by atoms with E-state index in [1.54, 1.807) is 14.2 Å². The lowest BCUT2D eigenvalue weighted by Crippen LogP contribution is -2.36. The molecule has 118 valence electrons. The predicted molar refractivity (Wildman–Crippen MR) is 82.1 cm³/mol. The SMILES string of the molecule is CCC(C)N(CC(=O)O)Cc1cc(OC)c(OC)cc1C. The summed E-state index contributed by atoms with van der Waals surface area (Å²) in [5.41, 5.74) is 2.11. The Hall–Kier alpha value is -1.75. The van der Waals surface area contributed by atoms with Gasteiger partial charge in [-0.05, 0) is 43.5 Å². The summed E-state index contributed by atoms with van der Waals surface area (Å²) in [6, 6.07) is 4.04. The van der Waals surface area contributed by atoms with Crippen molar-refractivity contribution in [2.24, 2.45) is 0 Å². The summed E-state index contributed by atoms with van der Waals surface area (Å²) < 4.78 is 10.6. The number of methoxy groups -OCH3 is 2. The van der Waals surface area contributed by atoms with E-state index < -0.39 is 5.97 Å². The fourth-order valence-electron chi connectivity index (χ4n) is 2.21. The summed E-state index contributed by atoms with van der Waals surface area (Å²) >= 11 is 0. The number of aryl methyl sites for hydroxylation is 1. The lowest BCUT2D eigenvalue weighted by atomic mass is 10.1. The van der Waals surface area contributed by atoms with Crippen LogP contribution in [0.15, 0.2) is 12.1 Å². The molecule has 0 amide bonds. The molecule has 0 radical (unpaired) electrons. The summed E-state index contributed by atoms with van der Waals surface area (Å²) in [6.07, 6.45) is 0.902. The van der Waals surface area contributed by atoms with Crippen LogP contribution < -0.4 is 9.47 Å². The van der Waals surface area contributed by atoms with E-state index in [0.29, 0.717) is 18.0 Å². The van der Waals surface area contributed by atoms with Crippen LogP contribution in [-0.2, 0) is 11.3 Å². The Morgan fingerprint density at radius 1 is 1.29 bits per heavy atom. The standard InChI is InChI=1S/C16H25NO4/c1-6-12(3)17(10-16(18)19)9-13-8-15(21-5)14(20-4)7-11(13)2/h7-8,12H,6,9-10H2,1-5H3,(H,18,19). The van der Waals surface area contributed by atoms with Crippen LogP contribution in [0.4, 0.5) is 0 Å². The summed E-state index contributed by atoms with van der Waals surface area (Å²) in [5, 5.41) is 9.07. The van der Waals surface area contributed by atoms with Gasteiger partial charge in [-0.1, -0.05) is 6.92 Å². The van der Waals surface area contributed by atoms with Crippen LogP contribution >= 0.6 is 0 Å². The first-order valence-corrected chi connectivity index (χ1v) is 7.10. The third-order valence-corrected chi connectivity index (χ3v) is 3.77. The molecule has 0 spiro atoms. The first-order valence-electron chi connectivity index (χ1n) is 7.10. The van der Waals surface area contributed by atoms with Gasteiger partial charge < -0.3 is 14.6 Å². The zero-order valence-corrected chi connectivity index (χ0v) is 13.5. The predicted octanol–water partition coefficient (Wildman–Crippen LogP) is 2.70. The Morgan fingerprint density at radius 3 is 2.33 bits per heavy atom. The van der Waals surface area contributed by atoms with Crippen molar-refractivity contribution in [2.45, 2.75) is 39.8 Å². The van der Waals surface area contributed by atoms with Crippen molar-refractivity contribution < 1.29 is 19.4 Å². The lowest BCUT2D eigenvalue weighted by molar-refractivity contribution is -0.139. The highest BCUT2D eigenvalue weighted by molar-refractivity contribution is 5.69. The molecule has 0 heterocycles. The molecule has 1 atom stereocenters. The highest BCUT2D eigenvalue weighted by Crippen LogP contribution is 2.31. The van der Waals surface area contributed by atoms with Crippen molar-refractivity contribution in [2.75, 3.05) is 20.8 Å². The van der Waals surface area contributed by atoms with Crippen LogP contribution in [0.5, 0.6) is 11.5 Å². The first kappa shape index (κ1) is 17.3. The molecule has 1 unspecified atom stereocenters. The summed E-state index contributed by atoms with van der Waals surface area (Å²) in [7, 11) is 3.20. The number of hydrogen-bond acceptors (Lipinski definition) is 4. The smallest absolute Gasteiger partial charge is 0.317 e. The highest BCUT2D eigenvalue weighted by atomic mass is 16.5. The summed E-state index contributed by atoms with van der Waals surface area (Å²) in [6.45, 7) is 6.70. The fourth-order valence-corrected chi connectivity index (χ4v) is 2.21. The van der Waals surface area contributed by atoms with Gasteiger partial charge in [0.25, 0.3) is 0 Å². The number of carboxylic acids is 1. The number of aliphatic carboxylic acids is 1. The maximum Gasteiger partial charge on any atom is 0.317 e. The van der Waals surface area contributed by atoms with Gasteiger partial charge in [0.15, 0.2) is 11.5 Å². The van der Waals surface area contributed by atoms with Gasteiger partial charge in [0.1, 0.15) is 0 Å². The molecule has 5 nitrogen and oxygen atoms in total. The Balaban J connectivity index is 3.05. The third-order valence-electron chi connectivity index (χ3n) is 3.77. The minimum atomic E-state index is -0.812. The Morgan fingerprint density at radius 2 is 1.86 bits per heavy atom. The van der Waals surface area contributed by atoms with Gasteiger partial charge in [-0.15, -0.1) is 0 Å². The average molecular weight is 295 g/mol. The lowest BCUT2D eigenvalue weighted by Gasteiger charge is -2.27. The monoisotopic (exact) mass is 295 g/mol. The summed E-state index contributed by atoms with van der Waals surface area (Å²) in [5.74, 6) is 0.540. The molecule has 0 aliphatic heterocycles. The average Bonchev–Trinajstić information content (AvgIpc) is 2.46. The maximum atomic E-state index is 11.0. The van der Waals surface area contributed by atoms with Crippen molar-refractivity contribution >= 4 is 5.97 Å². The number of rotatable bonds is 8. The molecule has 0 aliphatic carbocycles. The van der Waals surface area contributed by atoms with Gasteiger partial charge in [0, 0.05) is 12.6 Å². The van der Waals surface area contributed by atoms with E-state index in [9.17, 15) is 4.79 Å². The molecule has 1 aromatic carbocycles. The van der Waals surface area contributed by atoms with Gasteiger partial charge in [0.05, 0.1) is 20.8 Å². The number of carbonyl (C=O) groups is 1. The molecule has 5 heteroatoms. The summed E-state index contributed by atoms with van der Waals surface area (Å²) in [4.78, 5) is 13.0. The van der Waals surface area contributed by atoms with Gasteiger partial charge in [-0.25, -0.2) is 0 Å². The Labute approximate surface area is 126 Å². The van der Waals surface area contributed by atoms with Crippen molar-refractivity contribution in [1.82, 2.24) is 4.90 Å². The molecule has 21 heavy (non-hydrogen) atoms. The number of benzene rings is 1. The van der Waals surface area contributed by atoms with Crippen molar-refractivity contribution in [1.29, 1.82) is 0 Å². The topological polar surface area (TPSA) is 59.0 Å². The number of hydrogen-bond donors (Lipinski definition) is 1. The van der Waals surface area contributed by atoms with Crippen molar-refractivity contribution in [3.8, 4) is 11.5 Å². The van der Waals surface area contributed by atoms with E-state index in [1.165, 1.54) is 0 Å². The molecule has 1 rings (SSSR count). The van der Waals surface area contributed by atoms with E-state index in [4.69, 9.17) is 14.6 Å². The van der Waals surface area contributed by atoms with Crippen LogP contribution in [0.1, 0.15) is 31.4 Å². The molecular weight excluding hydrogens is 270 g/mol. The van der Waals surface area contributed by atoms with Gasteiger partial charge >= 0.3 is 5.97 Å². The first-order chi connectivity index (χ1) is 9.92. The van der Waals surface area contributed by atoms with Crippen LogP contribution in [0.2, 0.25) is 0 Å². The molecule has 1 aromatic rings. The minimum absolute atomic E-state index is 0.0305. The number of ether oxygens (including phenoxy) is 2. The second-order valence-corrected chi connectivity index (χ2v) is 5.19. The largest absolute Gasteiger partial charge is 0.493 e. The zero-order valence-electron chi connectivity index (χ0n) is 13.5.